The van der Waals surface area contributed by atoms with E-state index in [1.165, 1.54) is 16.9 Å². The van der Waals surface area contributed by atoms with Crippen molar-refractivity contribution in [2.24, 2.45) is 0 Å². The molecule has 0 bridgehead atoms. The zero-order chi connectivity index (χ0) is 16.2. The summed E-state index contributed by atoms with van der Waals surface area (Å²) in [6, 6.07) is 8.36. The molecular formula is C15H15N3O5. The van der Waals surface area contributed by atoms with Gasteiger partial charge in [-0.25, -0.2) is 9.48 Å². The van der Waals surface area contributed by atoms with Gasteiger partial charge in [-0.1, -0.05) is 12.1 Å². The van der Waals surface area contributed by atoms with Crippen molar-refractivity contribution >= 4 is 17.6 Å². The van der Waals surface area contributed by atoms with Crippen molar-refractivity contribution in [2.75, 3.05) is 25.1 Å². The summed E-state index contributed by atoms with van der Waals surface area (Å²) in [6.07, 6.45) is 0.860. The summed E-state index contributed by atoms with van der Waals surface area (Å²) in [5.74, 6) is -1.43. The normalized spacial score (nSPS) is 17.7. The van der Waals surface area contributed by atoms with E-state index in [0.29, 0.717) is 24.6 Å². The molecule has 2 aromatic rings. The second kappa shape index (κ2) is 6.59. The van der Waals surface area contributed by atoms with Crippen molar-refractivity contribution in [3.05, 3.63) is 42.2 Å². The molecule has 0 aliphatic carbocycles. The van der Waals surface area contributed by atoms with Crippen molar-refractivity contribution in [3.8, 4) is 5.69 Å². The summed E-state index contributed by atoms with van der Waals surface area (Å²) < 4.78 is 12.0. The number of nitrogens with one attached hydrogen (secondary N) is 1. The van der Waals surface area contributed by atoms with Crippen molar-refractivity contribution < 1.29 is 24.2 Å². The molecule has 8 nitrogen and oxygen atoms in total. The van der Waals surface area contributed by atoms with Gasteiger partial charge < -0.3 is 19.9 Å². The number of rotatable bonds is 4. The van der Waals surface area contributed by atoms with Crippen LogP contribution in [0.25, 0.3) is 5.69 Å². The highest BCUT2D eigenvalue weighted by molar-refractivity contribution is 5.96. The molecule has 1 saturated heterocycles. The number of carbonyl (C=O) groups is 2. The van der Waals surface area contributed by atoms with Gasteiger partial charge in [-0.15, -0.1) is 0 Å². The minimum atomic E-state index is -1.11. The Morgan fingerprint density at radius 2 is 2.09 bits per heavy atom. The molecule has 1 amide bonds. The lowest BCUT2D eigenvalue weighted by Gasteiger charge is -2.22. The van der Waals surface area contributed by atoms with Crippen LogP contribution in [-0.4, -0.2) is 52.7 Å². The number of carboxylic acids is 1. The molecule has 3 rings (SSSR count). The maximum absolute atomic E-state index is 12.2. The fourth-order valence-corrected chi connectivity index (χ4v) is 2.20. The van der Waals surface area contributed by atoms with E-state index < -0.39 is 12.1 Å². The number of amides is 1. The number of carbonyl (C=O) groups excluding carboxylic acids is 1. The first-order chi connectivity index (χ1) is 11.1. The molecule has 120 valence electrons. The van der Waals surface area contributed by atoms with Gasteiger partial charge in [0.05, 0.1) is 31.2 Å². The van der Waals surface area contributed by atoms with Gasteiger partial charge in [0.25, 0.3) is 5.91 Å². The molecule has 1 aliphatic rings. The Morgan fingerprint density at radius 3 is 2.78 bits per heavy atom. The summed E-state index contributed by atoms with van der Waals surface area (Å²) in [7, 11) is 0. The SMILES string of the molecule is O=C(O)c1ccn(-c2ccccc2NC(=O)C2COCCO2)n1. The summed E-state index contributed by atoms with van der Waals surface area (Å²) in [5, 5.41) is 15.7. The molecule has 0 spiro atoms. The molecular weight excluding hydrogens is 302 g/mol. The zero-order valence-corrected chi connectivity index (χ0v) is 12.1. The van der Waals surface area contributed by atoms with Crippen molar-refractivity contribution in [2.45, 2.75) is 6.10 Å². The van der Waals surface area contributed by atoms with E-state index in [4.69, 9.17) is 14.6 Å². The number of hydrogen-bond acceptors (Lipinski definition) is 5. The third kappa shape index (κ3) is 3.38. The molecule has 1 atom stereocenters. The van der Waals surface area contributed by atoms with Crippen LogP contribution in [0.5, 0.6) is 0 Å². The van der Waals surface area contributed by atoms with Gasteiger partial charge in [-0.2, -0.15) is 5.10 Å². The molecule has 2 N–H and O–H groups in total. The second-order valence-electron chi connectivity index (χ2n) is 4.89. The Morgan fingerprint density at radius 1 is 1.26 bits per heavy atom. The van der Waals surface area contributed by atoms with Crippen LogP contribution >= 0.6 is 0 Å². The Bertz CT molecular complexity index is 721. The summed E-state index contributed by atoms with van der Waals surface area (Å²) >= 11 is 0. The maximum atomic E-state index is 12.2. The minimum Gasteiger partial charge on any atom is -0.476 e. The molecule has 1 aliphatic heterocycles. The fraction of sp³-hybridized carbons (Fsp3) is 0.267. The van der Waals surface area contributed by atoms with Crippen LogP contribution < -0.4 is 5.32 Å². The Kier molecular flexibility index (Phi) is 4.35. The molecule has 1 fully saturated rings. The van der Waals surface area contributed by atoms with Crippen LogP contribution in [0.3, 0.4) is 0 Å². The average molecular weight is 317 g/mol. The van der Waals surface area contributed by atoms with Gasteiger partial charge in [-0.05, 0) is 18.2 Å². The van der Waals surface area contributed by atoms with Crippen LogP contribution in [0, 0.1) is 0 Å². The van der Waals surface area contributed by atoms with E-state index in [1.54, 1.807) is 24.3 Å². The van der Waals surface area contributed by atoms with E-state index in [2.05, 4.69) is 10.4 Å². The second-order valence-corrected chi connectivity index (χ2v) is 4.89. The van der Waals surface area contributed by atoms with Crippen LogP contribution in [0.2, 0.25) is 0 Å². The van der Waals surface area contributed by atoms with E-state index in [1.807, 2.05) is 0 Å². The van der Waals surface area contributed by atoms with Crippen LogP contribution in [0.15, 0.2) is 36.5 Å². The topological polar surface area (TPSA) is 103 Å². The molecule has 0 saturated carbocycles. The van der Waals surface area contributed by atoms with Gasteiger partial charge in [-0.3, -0.25) is 4.79 Å². The molecule has 2 heterocycles. The molecule has 1 aromatic carbocycles. The van der Waals surface area contributed by atoms with Gasteiger partial charge in [0, 0.05) is 6.20 Å². The number of aromatic nitrogens is 2. The van der Waals surface area contributed by atoms with Crippen LogP contribution in [0.4, 0.5) is 5.69 Å². The van der Waals surface area contributed by atoms with Crippen LogP contribution in [-0.2, 0) is 14.3 Å². The third-order valence-electron chi connectivity index (χ3n) is 3.33. The predicted octanol–water partition coefficient (Wildman–Crippen LogP) is 0.924. The van der Waals surface area contributed by atoms with Crippen LogP contribution in [0.1, 0.15) is 10.5 Å². The quantitative estimate of drug-likeness (QED) is 0.869. The number of para-hydroxylation sites is 2. The van der Waals surface area contributed by atoms with Crippen molar-refractivity contribution in [1.29, 1.82) is 0 Å². The smallest absolute Gasteiger partial charge is 0.356 e. The highest BCUT2D eigenvalue weighted by Crippen LogP contribution is 2.20. The lowest BCUT2D eigenvalue weighted by atomic mass is 10.2. The molecule has 1 aromatic heterocycles. The van der Waals surface area contributed by atoms with E-state index in [-0.39, 0.29) is 18.2 Å². The number of aromatic carboxylic acids is 1. The molecule has 1 unspecified atom stereocenters. The first kappa shape index (κ1) is 15.2. The maximum Gasteiger partial charge on any atom is 0.356 e. The largest absolute Gasteiger partial charge is 0.476 e. The Hall–Kier alpha value is -2.71. The van der Waals surface area contributed by atoms with Gasteiger partial charge in [0.15, 0.2) is 11.8 Å². The fourth-order valence-electron chi connectivity index (χ4n) is 2.20. The predicted molar refractivity (Wildman–Crippen MR) is 79.7 cm³/mol. The first-order valence-electron chi connectivity index (χ1n) is 7.04. The molecule has 8 heteroatoms. The first-order valence-corrected chi connectivity index (χ1v) is 7.04. The van der Waals surface area contributed by atoms with E-state index >= 15 is 0 Å². The minimum absolute atomic E-state index is 0.0739. The standard InChI is InChI=1S/C15H15N3O5/c19-14(13-9-22-7-8-23-13)16-10-3-1-2-4-12(10)18-6-5-11(17-18)15(20)21/h1-6,13H,7-9H2,(H,16,19)(H,20,21). The van der Waals surface area contributed by atoms with E-state index in [0.717, 1.165) is 0 Å². The Labute approximate surface area is 131 Å². The lowest BCUT2D eigenvalue weighted by molar-refractivity contribution is -0.142. The number of ether oxygens (including phenoxy) is 2. The number of nitrogens with zero attached hydrogens (tertiary/aromatic N) is 2. The van der Waals surface area contributed by atoms with Gasteiger partial charge in [0.2, 0.25) is 0 Å². The highest BCUT2D eigenvalue weighted by Gasteiger charge is 2.23. The van der Waals surface area contributed by atoms with Gasteiger partial charge in [0.1, 0.15) is 0 Å². The average Bonchev–Trinajstić information content (AvgIpc) is 3.06. The number of benzene rings is 1. The summed E-state index contributed by atoms with van der Waals surface area (Å²) in [5.41, 5.74) is 0.993. The highest BCUT2D eigenvalue weighted by atomic mass is 16.6. The Balaban J connectivity index is 1.82. The zero-order valence-electron chi connectivity index (χ0n) is 12.1. The number of hydrogen-bond donors (Lipinski definition) is 2. The lowest BCUT2D eigenvalue weighted by Crippen LogP contribution is -2.39. The number of carboxylic acid groups (broad SMARTS) is 1. The molecule has 0 radical (unpaired) electrons. The monoisotopic (exact) mass is 317 g/mol. The van der Waals surface area contributed by atoms with Crippen molar-refractivity contribution in [3.63, 3.8) is 0 Å². The van der Waals surface area contributed by atoms with E-state index in [9.17, 15) is 9.59 Å². The number of anilines is 1. The third-order valence-corrected chi connectivity index (χ3v) is 3.33. The van der Waals surface area contributed by atoms with Crippen molar-refractivity contribution in [1.82, 2.24) is 9.78 Å². The summed E-state index contributed by atoms with van der Waals surface area (Å²) in [4.78, 5) is 23.2. The molecule has 23 heavy (non-hydrogen) atoms. The van der Waals surface area contributed by atoms with Gasteiger partial charge >= 0.3 is 5.97 Å². The summed E-state index contributed by atoms with van der Waals surface area (Å²) in [6.45, 7) is 1.06.